The second-order valence-electron chi connectivity index (χ2n) is 19.3. The summed E-state index contributed by atoms with van der Waals surface area (Å²) in [4.78, 5) is 97.9. The molecule has 0 radical (unpaired) electrons. The van der Waals surface area contributed by atoms with E-state index >= 15 is 0 Å². The molecule has 1 fully saturated rings. The van der Waals surface area contributed by atoms with Gasteiger partial charge in [0.1, 0.15) is 36.0 Å². The summed E-state index contributed by atoms with van der Waals surface area (Å²) >= 11 is 0. The lowest BCUT2D eigenvalue weighted by atomic mass is 9.77. The summed E-state index contributed by atoms with van der Waals surface area (Å²) in [7, 11) is -4.29. The van der Waals surface area contributed by atoms with Crippen LogP contribution in [0.15, 0.2) is 91.0 Å². The van der Waals surface area contributed by atoms with E-state index in [2.05, 4.69) is 26.6 Å². The molecule has 7 N–H and O–H groups in total. The van der Waals surface area contributed by atoms with Crippen LogP contribution in [-0.2, 0) is 68.7 Å². The Labute approximate surface area is 408 Å². The second kappa shape index (κ2) is 23.3. The van der Waals surface area contributed by atoms with Crippen molar-refractivity contribution in [2.45, 2.75) is 139 Å². The molecule has 6 atom stereocenters. The summed E-state index contributed by atoms with van der Waals surface area (Å²) in [5, 5.41) is 25.4. The summed E-state index contributed by atoms with van der Waals surface area (Å²) in [6, 6.07) is 21.2. The van der Waals surface area contributed by atoms with Crippen LogP contribution in [0.1, 0.15) is 106 Å². The third-order valence-corrected chi connectivity index (χ3v) is 13.3. The van der Waals surface area contributed by atoms with Crippen molar-refractivity contribution in [3.63, 3.8) is 0 Å². The molecule has 2 aliphatic rings. The Bertz CT molecular complexity index is 2680. The van der Waals surface area contributed by atoms with E-state index in [1.807, 2.05) is 73.7 Å². The summed E-state index contributed by atoms with van der Waals surface area (Å²) < 4.78 is 32.3. The lowest BCUT2D eigenvalue weighted by Gasteiger charge is -2.32. The molecule has 4 aromatic carbocycles. The van der Waals surface area contributed by atoms with Gasteiger partial charge in [-0.15, -0.1) is 0 Å². The van der Waals surface area contributed by atoms with Gasteiger partial charge < -0.3 is 36.6 Å². The van der Waals surface area contributed by atoms with Gasteiger partial charge in [0, 0.05) is 31.3 Å². The van der Waals surface area contributed by atoms with Crippen LogP contribution in [0.3, 0.4) is 0 Å². The number of hydrogen-bond acceptors (Lipinski definition) is 9. The maximum atomic E-state index is 14.6. The number of rotatable bonds is 22. The number of likely N-dealkylation sites (tertiary alicyclic amines) is 1. The predicted molar refractivity (Wildman–Crippen MR) is 263 cm³/mol. The fourth-order valence-electron chi connectivity index (χ4n) is 9.14. The van der Waals surface area contributed by atoms with Crippen LogP contribution < -0.4 is 26.6 Å². The normalized spacial score (nSPS) is 17.2. The number of carbonyl (C=O) groups excluding carboxylic acids is 6. The summed E-state index contributed by atoms with van der Waals surface area (Å²) in [5.41, 5.74) is 2.84. The Morgan fingerprint density at radius 1 is 0.714 bits per heavy atom. The number of aliphatic carboxylic acids is 1. The zero-order valence-corrected chi connectivity index (χ0v) is 40.9. The van der Waals surface area contributed by atoms with Crippen molar-refractivity contribution in [3.8, 4) is 0 Å². The van der Waals surface area contributed by atoms with Gasteiger partial charge in [-0.05, 0) is 97.9 Å². The van der Waals surface area contributed by atoms with Crippen molar-refractivity contribution in [2.75, 3.05) is 6.54 Å². The van der Waals surface area contributed by atoms with Gasteiger partial charge in [0.25, 0.3) is 10.1 Å². The molecule has 18 heteroatoms. The highest BCUT2D eigenvalue weighted by molar-refractivity contribution is 7.85. The SMILES string of the molecule is CCC[C@H](NC(=O)[C@H](Cc1ccc(CS(=O)(=O)O)cc1)NC(=O)C1Cc2ccccc21)C(=O)N1CCC[C@H]1C(=O)N[C@@H](Cc1cccc2ccccc12)C(=O)N[C@@H](CCCC(=O)O)C(=O)NC(C)(C)C. The first-order valence-electron chi connectivity index (χ1n) is 23.8. The van der Waals surface area contributed by atoms with Crippen molar-refractivity contribution in [2.24, 2.45) is 0 Å². The molecule has 0 spiro atoms. The zero-order chi connectivity index (χ0) is 50.8. The summed E-state index contributed by atoms with van der Waals surface area (Å²) in [6.07, 6.45) is 1.75. The highest BCUT2D eigenvalue weighted by Crippen LogP contribution is 2.35. The standard InChI is InChI=1S/C52H64N6O11S/c1-5-13-41(54-47(62)42(28-32-23-25-33(26-24-32)31-70(67,68)69)55-46(61)39-29-35-15-7-9-19-38(35)39)51(66)58-27-12-21-44(58)50(65)56-43(30-36-17-10-16-34-14-6-8-18-37(34)36)48(63)53-40(20-11-22-45(59)60)49(64)57-52(2,3)4/h6-10,14-19,23-26,39-44H,5,11-13,20-22,27-31H2,1-4H3,(H,53,63)(H,54,62)(H,55,61)(H,56,65)(H,57,64)(H,59,60)(H,67,68,69)/t39?,40-,41-,42-,43-,44-/m0/s1. The Hall–Kier alpha value is -6.66. The lowest BCUT2D eigenvalue weighted by Crippen LogP contribution is -2.60. The van der Waals surface area contributed by atoms with Crippen molar-refractivity contribution < 1.29 is 51.6 Å². The number of carboxylic acid groups (broad SMARTS) is 1. The molecule has 1 aliphatic carbocycles. The van der Waals surface area contributed by atoms with Gasteiger partial charge in [-0.25, -0.2) is 0 Å². The van der Waals surface area contributed by atoms with Crippen LogP contribution in [0.4, 0.5) is 0 Å². The average Bonchev–Trinajstić information content (AvgIpc) is 3.78. The minimum absolute atomic E-state index is 0.0136. The molecule has 1 heterocycles. The fourth-order valence-corrected chi connectivity index (χ4v) is 9.75. The first kappa shape index (κ1) is 52.7. The van der Waals surface area contributed by atoms with Gasteiger partial charge in [0.2, 0.25) is 35.4 Å². The Morgan fingerprint density at radius 2 is 1.34 bits per heavy atom. The highest BCUT2D eigenvalue weighted by atomic mass is 32.2. The minimum Gasteiger partial charge on any atom is -0.481 e. The summed E-state index contributed by atoms with van der Waals surface area (Å²) in [6.45, 7) is 7.36. The van der Waals surface area contributed by atoms with Crippen LogP contribution in [0.25, 0.3) is 10.8 Å². The highest BCUT2D eigenvalue weighted by Gasteiger charge is 2.41. The first-order valence-corrected chi connectivity index (χ1v) is 25.4. The quantitative estimate of drug-likeness (QED) is 0.0548. The lowest BCUT2D eigenvalue weighted by molar-refractivity contribution is -0.142. The molecule has 0 saturated carbocycles. The number of carboxylic acids is 1. The van der Waals surface area contributed by atoms with Gasteiger partial charge in [-0.2, -0.15) is 8.42 Å². The number of fused-ring (bicyclic) bond motifs is 2. The number of benzene rings is 4. The molecule has 70 heavy (non-hydrogen) atoms. The molecular formula is C52H64N6O11S. The molecule has 1 saturated heterocycles. The monoisotopic (exact) mass is 980 g/mol. The van der Waals surface area contributed by atoms with Crippen molar-refractivity contribution in [3.05, 3.63) is 119 Å². The largest absolute Gasteiger partial charge is 0.481 e. The maximum absolute atomic E-state index is 14.6. The number of nitrogens with one attached hydrogen (secondary N) is 5. The zero-order valence-electron chi connectivity index (χ0n) is 40.0. The van der Waals surface area contributed by atoms with Gasteiger partial charge in [-0.1, -0.05) is 104 Å². The molecule has 1 aliphatic heterocycles. The van der Waals surface area contributed by atoms with Crippen LogP contribution in [0.2, 0.25) is 0 Å². The first-order chi connectivity index (χ1) is 33.2. The molecule has 17 nitrogen and oxygen atoms in total. The number of amides is 6. The average molecular weight is 981 g/mol. The van der Waals surface area contributed by atoms with Gasteiger partial charge in [-0.3, -0.25) is 38.1 Å². The van der Waals surface area contributed by atoms with Gasteiger partial charge in [0.15, 0.2) is 0 Å². The van der Waals surface area contributed by atoms with Crippen molar-refractivity contribution in [1.82, 2.24) is 31.5 Å². The van der Waals surface area contributed by atoms with Gasteiger partial charge in [0.05, 0.1) is 5.92 Å². The molecule has 1 unspecified atom stereocenters. The molecule has 0 aromatic heterocycles. The van der Waals surface area contributed by atoms with E-state index in [4.69, 9.17) is 0 Å². The number of carbonyl (C=O) groups is 7. The van der Waals surface area contributed by atoms with E-state index in [-0.39, 0.29) is 57.4 Å². The van der Waals surface area contributed by atoms with Crippen LogP contribution >= 0.6 is 0 Å². The minimum atomic E-state index is -4.29. The molecule has 374 valence electrons. The topological polar surface area (TPSA) is 257 Å². The van der Waals surface area contributed by atoms with Crippen molar-refractivity contribution >= 4 is 62.3 Å². The Balaban J connectivity index is 1.22. The maximum Gasteiger partial charge on any atom is 0.303 e. The molecule has 4 aromatic rings. The van der Waals surface area contributed by atoms with Gasteiger partial charge >= 0.3 is 5.97 Å². The molecule has 6 rings (SSSR count). The van der Waals surface area contributed by atoms with Crippen LogP contribution in [-0.4, -0.2) is 107 Å². The molecule has 0 bridgehead atoms. The van der Waals surface area contributed by atoms with E-state index < -0.39 is 93.0 Å². The smallest absolute Gasteiger partial charge is 0.303 e. The Kier molecular flexibility index (Phi) is 17.5. The third-order valence-electron chi connectivity index (χ3n) is 12.6. The molecular weight excluding hydrogens is 917 g/mol. The van der Waals surface area contributed by atoms with E-state index in [1.54, 1.807) is 32.9 Å². The van der Waals surface area contributed by atoms with Crippen LogP contribution in [0, 0.1) is 0 Å². The second-order valence-corrected chi connectivity index (χ2v) is 20.7. The summed E-state index contributed by atoms with van der Waals surface area (Å²) in [5.74, 6) is -5.48. The third kappa shape index (κ3) is 14.4. The van der Waals surface area contributed by atoms with E-state index in [9.17, 15) is 51.6 Å². The molecule has 6 amide bonds. The van der Waals surface area contributed by atoms with Crippen molar-refractivity contribution in [1.29, 1.82) is 0 Å². The number of nitrogens with zero attached hydrogens (tertiary/aromatic N) is 1. The van der Waals surface area contributed by atoms with Crippen LogP contribution in [0.5, 0.6) is 0 Å². The van der Waals surface area contributed by atoms with E-state index in [0.29, 0.717) is 30.4 Å². The number of hydrogen-bond donors (Lipinski definition) is 7. The van der Waals surface area contributed by atoms with E-state index in [0.717, 1.165) is 27.5 Å². The van der Waals surface area contributed by atoms with E-state index in [1.165, 1.54) is 17.0 Å². The fraction of sp³-hybridized carbons (Fsp3) is 0.442. The predicted octanol–water partition coefficient (Wildman–Crippen LogP) is 4.25. The Morgan fingerprint density at radius 3 is 2.01 bits per heavy atom.